The number of carbonyl (C=O) groups is 12. The molecule has 3 saturated heterocycles. The van der Waals surface area contributed by atoms with E-state index < -0.39 is 171 Å². The van der Waals surface area contributed by atoms with Crippen molar-refractivity contribution in [2.45, 2.75) is 247 Å². The summed E-state index contributed by atoms with van der Waals surface area (Å²) in [5.74, 6) is 1.33. The lowest BCUT2D eigenvalue weighted by Gasteiger charge is -2.42. The molecule has 2 aromatic rings. The van der Waals surface area contributed by atoms with Gasteiger partial charge < -0.3 is 152 Å². The molecule has 0 aliphatic carbocycles. The zero-order chi connectivity index (χ0) is 91.8. The predicted molar refractivity (Wildman–Crippen MR) is 446 cm³/mol. The predicted octanol–water partition coefficient (Wildman–Crippen LogP) is -5.06. The normalized spacial score (nSPS) is 23.0. The van der Waals surface area contributed by atoms with Crippen molar-refractivity contribution < 1.29 is 146 Å². The molecule has 4 aliphatic rings. The third kappa shape index (κ3) is 38.5. The molecule has 0 aromatic heterocycles. The van der Waals surface area contributed by atoms with Crippen LogP contribution in [0.25, 0.3) is 0 Å². The van der Waals surface area contributed by atoms with Crippen molar-refractivity contribution in [2.75, 3.05) is 130 Å². The Morgan fingerprint density at radius 3 is 1.06 bits per heavy atom. The summed E-state index contributed by atoms with van der Waals surface area (Å²) in [5.41, 5.74) is 1.42. The Morgan fingerprint density at radius 2 is 0.698 bits per heavy atom. The highest BCUT2D eigenvalue weighted by Crippen LogP contribution is 2.29. The number of fused-ring (bicyclic) bond motifs is 2. The largest absolute Gasteiger partial charge is 0.394 e. The number of hydrogen-bond acceptors (Lipinski definition) is 30. The highest BCUT2D eigenvalue weighted by Gasteiger charge is 2.48. The second-order valence-corrected chi connectivity index (χ2v) is 31.1. The Labute approximate surface area is 732 Å². The zero-order valence-corrected chi connectivity index (χ0v) is 71.9. The number of aliphatic hydroxyl groups is 9. The van der Waals surface area contributed by atoms with Gasteiger partial charge >= 0.3 is 0 Å². The molecule has 0 spiro atoms. The van der Waals surface area contributed by atoms with E-state index in [-0.39, 0.29) is 187 Å². The van der Waals surface area contributed by atoms with Gasteiger partial charge in [0.1, 0.15) is 78.6 Å². The molecule has 4 heterocycles. The van der Waals surface area contributed by atoms with Gasteiger partial charge in [-0.1, -0.05) is 42.2 Å². The van der Waals surface area contributed by atoms with Crippen molar-refractivity contribution in [2.24, 2.45) is 0 Å². The van der Waals surface area contributed by atoms with Gasteiger partial charge in [0.2, 0.25) is 70.9 Å². The Balaban J connectivity index is 1.01. The van der Waals surface area contributed by atoms with Crippen LogP contribution in [0.4, 0.5) is 5.69 Å². The first kappa shape index (κ1) is 106. The fourth-order valence-electron chi connectivity index (χ4n) is 13.8. The maximum absolute atomic E-state index is 14.1. The molecule has 0 saturated carbocycles. The summed E-state index contributed by atoms with van der Waals surface area (Å²) in [6.07, 6.45) is -12.1. The van der Waals surface area contributed by atoms with Crippen molar-refractivity contribution in [1.29, 1.82) is 0 Å². The Morgan fingerprint density at radius 1 is 0.381 bits per heavy atom. The number of unbranched alkanes of at least 4 members (excludes halogenated alkanes) is 4. The first-order valence-electron chi connectivity index (χ1n) is 43.0. The van der Waals surface area contributed by atoms with E-state index in [9.17, 15) is 103 Å². The second kappa shape index (κ2) is 58.4. The molecule has 3 fully saturated rings. The lowest BCUT2D eigenvalue weighted by molar-refractivity contribution is -0.270. The molecule has 2 aromatic carbocycles. The Bertz CT molecular complexity index is 3560. The third-order valence-electron chi connectivity index (χ3n) is 20.6. The standard InChI is InChI=1S/C84H130N12O30/c1-53(100)92-72-78(115)75(112)60(47-97)124-81(72)121-39-13-10-24-63(103)85-33-16-36-88-67(107)30-42-118-50-84(95-70(110)45-91-66(106)23-8-9-27-71(111)96-46-58-21-5-4-19-56(58)28-29-57-20-6-7-22-59(57)96,51-119-43-31-68(108)89-37-17-34-86-64(104)25-11-14-40-122-82-73(93-54(2)101)79(116)76(113)61(48-98)125-82)52-120-44-32-69(109)90-38-18-35-87-65(105)26-12-15-41-123-83-74(94-55(3)102)80(117)77(114)62(49-99)126-83/h4-7,19-22,60-62,72-83,97-99,112-117H,8-18,23-27,30-52H2,1-3H3,(H,85,103)(H,86,104)(H,87,105)(H,88,107)(H,89,108)(H,90,109)(H,91,106)(H,92,100)(H,93,101)(H,94,102)(H,95,110). The van der Waals surface area contributed by atoms with Crippen LogP contribution in [0.15, 0.2) is 48.5 Å². The molecule has 0 bridgehead atoms. The van der Waals surface area contributed by atoms with Crippen molar-refractivity contribution in [1.82, 2.24) is 58.5 Å². The average Bonchev–Trinajstić information content (AvgIpc) is 0.813. The van der Waals surface area contributed by atoms with Crippen LogP contribution in [0.3, 0.4) is 0 Å². The molecule has 15 unspecified atom stereocenters. The van der Waals surface area contributed by atoms with Crippen LogP contribution >= 0.6 is 0 Å². The molecule has 12 amide bonds. The number of aliphatic hydroxyl groups excluding tert-OH is 9. The minimum absolute atomic E-state index is 0.0465. The van der Waals surface area contributed by atoms with E-state index in [1.165, 1.54) is 20.8 Å². The lowest BCUT2D eigenvalue weighted by Crippen LogP contribution is -2.64. The minimum atomic E-state index is -1.62. The van der Waals surface area contributed by atoms with Crippen LogP contribution in [0.5, 0.6) is 0 Å². The maximum atomic E-state index is 14.1. The molecule has 126 heavy (non-hydrogen) atoms. The van der Waals surface area contributed by atoms with E-state index in [0.29, 0.717) is 75.5 Å². The van der Waals surface area contributed by atoms with Crippen molar-refractivity contribution in [3.8, 4) is 11.8 Å². The van der Waals surface area contributed by atoms with Crippen LogP contribution < -0.4 is 63.4 Å². The van der Waals surface area contributed by atoms with Crippen molar-refractivity contribution in [3.63, 3.8) is 0 Å². The van der Waals surface area contributed by atoms with Gasteiger partial charge in [-0.2, -0.15) is 0 Å². The van der Waals surface area contributed by atoms with Gasteiger partial charge in [0.25, 0.3) is 0 Å². The molecular weight excluding hydrogens is 1660 g/mol. The van der Waals surface area contributed by atoms with Crippen LogP contribution in [0.1, 0.15) is 159 Å². The second-order valence-electron chi connectivity index (χ2n) is 31.1. The number of rotatable bonds is 59. The van der Waals surface area contributed by atoms with E-state index in [1.54, 1.807) is 4.90 Å². The smallest absolute Gasteiger partial charge is 0.240 e. The monoisotopic (exact) mass is 1790 g/mol. The summed E-state index contributed by atoms with van der Waals surface area (Å²) < 4.78 is 52.1. The molecule has 0 radical (unpaired) electrons. The topological polar surface area (TPSA) is 606 Å². The van der Waals surface area contributed by atoms with Gasteiger partial charge in [-0.3, -0.25) is 57.5 Å². The van der Waals surface area contributed by atoms with Crippen LogP contribution in [0.2, 0.25) is 0 Å². The summed E-state index contributed by atoms with van der Waals surface area (Å²) >= 11 is 0. The van der Waals surface area contributed by atoms with Gasteiger partial charge in [-0.05, 0) is 94.4 Å². The van der Waals surface area contributed by atoms with E-state index >= 15 is 0 Å². The number of amides is 12. The number of benzene rings is 2. The fraction of sp³-hybridized carbons (Fsp3) is 0.690. The van der Waals surface area contributed by atoms with E-state index in [2.05, 4.69) is 70.3 Å². The average molecular weight is 1790 g/mol. The van der Waals surface area contributed by atoms with Crippen LogP contribution in [-0.4, -0.2) is 339 Å². The molecule has 15 atom stereocenters. The van der Waals surface area contributed by atoms with E-state index in [0.717, 1.165) is 11.1 Å². The zero-order valence-electron chi connectivity index (χ0n) is 71.9. The van der Waals surface area contributed by atoms with Gasteiger partial charge in [0, 0.05) is 142 Å². The number of nitrogens with one attached hydrogen (secondary N) is 11. The molecule has 4 aliphatic heterocycles. The number of nitrogens with zero attached hydrogens (tertiary/aromatic N) is 1. The van der Waals surface area contributed by atoms with Crippen molar-refractivity contribution >= 4 is 76.6 Å². The number of anilines is 1. The summed E-state index contributed by atoms with van der Waals surface area (Å²) in [7, 11) is 0. The van der Waals surface area contributed by atoms with Gasteiger partial charge in [-0.15, -0.1) is 0 Å². The SMILES string of the molecule is CC(=O)NC1C(OCCCCC(=O)NCCCNC(=O)CCOCC(COCCC(=O)NCCCNC(=O)CCCCOC2OC(CO)C(O)C(O)C2NC(C)=O)(COCCC(=O)NCCCNC(=O)CCCCOC2OC(CO)C(O)C(O)C2NC(C)=O)NC(=O)CNC(=O)CCCCC(=O)N2Cc3ccccc3C#Cc3ccccc32)OC(CO)C(O)C1O. The maximum Gasteiger partial charge on any atom is 0.240 e. The highest BCUT2D eigenvalue weighted by atomic mass is 16.7. The molecule has 706 valence electrons. The quantitative estimate of drug-likeness (QED) is 0.0218. The summed E-state index contributed by atoms with van der Waals surface area (Å²) in [4.78, 5) is 156. The number of ether oxygens (including phenoxy) is 9. The van der Waals surface area contributed by atoms with Gasteiger partial charge in [0.05, 0.1) is 78.2 Å². The summed E-state index contributed by atoms with van der Waals surface area (Å²) in [6, 6.07) is 11.6. The first-order chi connectivity index (χ1) is 60.5. The third-order valence-corrected chi connectivity index (χ3v) is 20.6. The van der Waals surface area contributed by atoms with Crippen LogP contribution in [0, 0.1) is 11.8 Å². The Hall–Kier alpha value is -9.08. The molecule has 42 heteroatoms. The number of hydrogen-bond donors (Lipinski definition) is 20. The molecule has 20 N–H and O–H groups in total. The highest BCUT2D eigenvalue weighted by molar-refractivity contribution is 5.95. The van der Waals surface area contributed by atoms with E-state index in [1.807, 2.05) is 48.5 Å². The van der Waals surface area contributed by atoms with Crippen LogP contribution in [-0.2, 0) is 107 Å². The molecular formula is C84H130N12O30. The van der Waals surface area contributed by atoms with Crippen molar-refractivity contribution in [3.05, 3.63) is 65.2 Å². The Kier molecular flexibility index (Phi) is 49.0. The lowest BCUT2D eigenvalue weighted by atomic mass is 9.97. The molecule has 42 nitrogen and oxygen atoms in total. The number of carbonyl (C=O) groups excluding carboxylic acids is 12. The van der Waals surface area contributed by atoms with Gasteiger partial charge in [-0.25, -0.2) is 0 Å². The summed E-state index contributed by atoms with van der Waals surface area (Å²) in [6.45, 7) is 1.03. The summed E-state index contributed by atoms with van der Waals surface area (Å²) in [5, 5.41) is 121. The van der Waals surface area contributed by atoms with E-state index in [4.69, 9.17) is 42.6 Å². The minimum Gasteiger partial charge on any atom is -0.394 e. The van der Waals surface area contributed by atoms with Gasteiger partial charge in [0.15, 0.2) is 18.9 Å². The first-order valence-corrected chi connectivity index (χ1v) is 43.0. The number of para-hydroxylation sites is 1. The fourth-order valence-corrected chi connectivity index (χ4v) is 13.8. The molecule has 6 rings (SSSR count).